The molecular formula is C24H29N3O4S. The summed E-state index contributed by atoms with van der Waals surface area (Å²) in [5.74, 6) is -0.454. The summed E-state index contributed by atoms with van der Waals surface area (Å²) in [7, 11) is -3.62. The van der Waals surface area contributed by atoms with Crippen LogP contribution in [0.3, 0.4) is 0 Å². The molecule has 2 aromatic carbocycles. The fraction of sp³-hybridized carbons (Fsp3) is 0.417. The van der Waals surface area contributed by atoms with Gasteiger partial charge in [0, 0.05) is 26.2 Å². The summed E-state index contributed by atoms with van der Waals surface area (Å²) in [4.78, 5) is 29.2. The van der Waals surface area contributed by atoms with E-state index in [9.17, 15) is 18.0 Å². The number of piperazine rings is 1. The summed E-state index contributed by atoms with van der Waals surface area (Å²) in [5, 5.41) is 0. The lowest BCUT2D eigenvalue weighted by Gasteiger charge is -2.36. The van der Waals surface area contributed by atoms with Crippen LogP contribution in [0.25, 0.3) is 0 Å². The predicted molar refractivity (Wildman–Crippen MR) is 123 cm³/mol. The Balaban J connectivity index is 1.48. The van der Waals surface area contributed by atoms with E-state index in [0.717, 1.165) is 22.3 Å². The maximum Gasteiger partial charge on any atom is 0.251 e. The number of benzene rings is 2. The molecule has 0 aromatic heterocycles. The van der Waals surface area contributed by atoms with E-state index in [-0.39, 0.29) is 31.3 Å². The number of carbonyl (C=O) groups excluding carboxylic acids is 2. The first kappa shape index (κ1) is 22.6. The zero-order valence-corrected chi connectivity index (χ0v) is 19.8. The maximum absolute atomic E-state index is 13.3. The summed E-state index contributed by atoms with van der Waals surface area (Å²) >= 11 is 0. The highest BCUT2D eigenvalue weighted by Gasteiger charge is 2.44. The van der Waals surface area contributed by atoms with E-state index in [1.165, 1.54) is 9.21 Å². The number of sulfonamides is 1. The van der Waals surface area contributed by atoms with Gasteiger partial charge >= 0.3 is 0 Å². The zero-order chi connectivity index (χ0) is 23.2. The van der Waals surface area contributed by atoms with Crippen molar-refractivity contribution in [1.82, 2.24) is 9.21 Å². The number of amides is 2. The quantitative estimate of drug-likeness (QED) is 0.662. The fourth-order valence-electron chi connectivity index (χ4n) is 4.82. The minimum Gasteiger partial charge on any atom is -0.289 e. The summed E-state index contributed by atoms with van der Waals surface area (Å²) < 4.78 is 28.1. The Morgan fingerprint density at radius 3 is 1.94 bits per heavy atom. The van der Waals surface area contributed by atoms with Crippen molar-refractivity contribution < 1.29 is 18.0 Å². The normalized spacial score (nSPS) is 20.9. The van der Waals surface area contributed by atoms with Crippen molar-refractivity contribution in [2.45, 2.75) is 45.1 Å². The molecule has 0 spiro atoms. The Morgan fingerprint density at radius 2 is 1.38 bits per heavy atom. The third-order valence-corrected chi connectivity index (χ3v) is 8.54. The van der Waals surface area contributed by atoms with E-state index in [0.29, 0.717) is 23.7 Å². The van der Waals surface area contributed by atoms with E-state index in [1.807, 2.05) is 56.9 Å². The first-order valence-corrected chi connectivity index (χ1v) is 12.3. The molecule has 170 valence electrons. The topological polar surface area (TPSA) is 78.0 Å². The lowest BCUT2D eigenvalue weighted by atomic mass is 10.1. The number of aryl methyl sites for hydroxylation is 4. The molecule has 8 heteroatoms. The fourth-order valence-corrected chi connectivity index (χ4v) is 6.66. The molecule has 2 aromatic rings. The Morgan fingerprint density at radius 1 is 0.812 bits per heavy atom. The largest absolute Gasteiger partial charge is 0.289 e. The van der Waals surface area contributed by atoms with Crippen LogP contribution < -0.4 is 4.90 Å². The van der Waals surface area contributed by atoms with Crippen LogP contribution in [0.5, 0.6) is 0 Å². The van der Waals surface area contributed by atoms with E-state index in [1.54, 1.807) is 12.1 Å². The van der Waals surface area contributed by atoms with Crippen LogP contribution in [0.4, 0.5) is 5.69 Å². The van der Waals surface area contributed by atoms with Crippen LogP contribution in [0.15, 0.2) is 41.3 Å². The zero-order valence-electron chi connectivity index (χ0n) is 19.0. The monoisotopic (exact) mass is 455 g/mol. The van der Waals surface area contributed by atoms with Crippen LogP contribution in [0, 0.1) is 27.7 Å². The van der Waals surface area contributed by atoms with Crippen molar-refractivity contribution in [2.24, 2.45) is 0 Å². The molecular weight excluding hydrogens is 426 g/mol. The van der Waals surface area contributed by atoms with Crippen LogP contribution in [0.1, 0.15) is 28.7 Å². The summed E-state index contributed by atoms with van der Waals surface area (Å²) in [6.45, 7) is 8.96. The number of hydrogen-bond acceptors (Lipinski definition) is 5. The second kappa shape index (κ2) is 8.42. The van der Waals surface area contributed by atoms with Crippen molar-refractivity contribution in [3.8, 4) is 0 Å². The molecule has 1 atom stereocenters. The Bertz CT molecular complexity index is 1140. The molecule has 0 N–H and O–H groups in total. The van der Waals surface area contributed by atoms with Gasteiger partial charge in [0.1, 0.15) is 0 Å². The molecule has 1 unspecified atom stereocenters. The molecule has 0 saturated carbocycles. The lowest BCUT2D eigenvalue weighted by Crippen LogP contribution is -2.53. The summed E-state index contributed by atoms with van der Waals surface area (Å²) in [6.07, 6.45) is 0.121. The summed E-state index contributed by atoms with van der Waals surface area (Å²) in [6, 6.07) is 10.5. The molecule has 2 aliphatic rings. The van der Waals surface area contributed by atoms with Gasteiger partial charge in [-0.2, -0.15) is 4.31 Å². The molecule has 2 amide bonds. The van der Waals surface area contributed by atoms with Crippen LogP contribution in [0.2, 0.25) is 0 Å². The van der Waals surface area contributed by atoms with Crippen molar-refractivity contribution in [3.63, 3.8) is 0 Å². The molecule has 0 aliphatic carbocycles. The van der Waals surface area contributed by atoms with Gasteiger partial charge in [0.25, 0.3) is 5.91 Å². The first-order valence-electron chi connectivity index (χ1n) is 10.8. The molecule has 4 rings (SSSR count). The minimum absolute atomic E-state index is 0.121. The molecule has 2 fully saturated rings. The van der Waals surface area contributed by atoms with Gasteiger partial charge in [0.05, 0.1) is 23.0 Å². The third-order valence-electron chi connectivity index (χ3n) is 6.33. The van der Waals surface area contributed by atoms with Gasteiger partial charge < -0.3 is 0 Å². The molecule has 2 heterocycles. The minimum atomic E-state index is -3.62. The predicted octanol–water partition coefficient (Wildman–Crippen LogP) is 2.56. The second-order valence-electron chi connectivity index (χ2n) is 8.79. The van der Waals surface area contributed by atoms with Gasteiger partial charge in [-0.05, 0) is 51.0 Å². The SMILES string of the molecule is Cc1ccc(N2C(=O)CC(N3CCN(S(=O)(=O)c4c(C)cc(C)cc4C)CC3)C2=O)cc1. The standard InChI is InChI=1S/C24H29N3O4S/c1-16-5-7-20(8-6-16)27-22(28)15-21(24(27)29)25-9-11-26(12-10-25)32(30,31)23-18(3)13-17(2)14-19(23)4/h5-8,13-14,21H,9-12,15H2,1-4H3. The molecule has 32 heavy (non-hydrogen) atoms. The van der Waals surface area contributed by atoms with Crippen molar-refractivity contribution in [1.29, 1.82) is 0 Å². The Kier molecular flexibility index (Phi) is 5.96. The highest BCUT2D eigenvalue weighted by Crippen LogP contribution is 2.29. The second-order valence-corrected chi connectivity index (χ2v) is 10.7. The Labute approximate surface area is 189 Å². The van der Waals surface area contributed by atoms with Gasteiger partial charge in [0.15, 0.2) is 0 Å². The van der Waals surface area contributed by atoms with Gasteiger partial charge in [-0.1, -0.05) is 35.4 Å². The molecule has 7 nitrogen and oxygen atoms in total. The lowest BCUT2D eigenvalue weighted by molar-refractivity contribution is -0.123. The summed E-state index contributed by atoms with van der Waals surface area (Å²) in [5.41, 5.74) is 4.16. The number of hydrogen-bond donors (Lipinski definition) is 0. The number of nitrogens with zero attached hydrogens (tertiary/aromatic N) is 3. The van der Waals surface area contributed by atoms with E-state index < -0.39 is 16.1 Å². The maximum atomic E-state index is 13.3. The van der Waals surface area contributed by atoms with E-state index >= 15 is 0 Å². The Hall–Kier alpha value is -2.55. The van der Waals surface area contributed by atoms with Gasteiger partial charge in [-0.15, -0.1) is 0 Å². The number of rotatable bonds is 4. The number of anilines is 1. The highest BCUT2D eigenvalue weighted by atomic mass is 32.2. The number of carbonyl (C=O) groups is 2. The molecule has 0 bridgehead atoms. The van der Waals surface area contributed by atoms with E-state index in [2.05, 4.69) is 0 Å². The number of imide groups is 1. The van der Waals surface area contributed by atoms with Gasteiger partial charge in [-0.25, -0.2) is 13.3 Å². The first-order chi connectivity index (χ1) is 15.1. The average Bonchev–Trinajstić information content (AvgIpc) is 3.02. The molecule has 2 aliphatic heterocycles. The smallest absolute Gasteiger partial charge is 0.251 e. The highest BCUT2D eigenvalue weighted by molar-refractivity contribution is 7.89. The molecule has 2 saturated heterocycles. The van der Waals surface area contributed by atoms with Gasteiger partial charge in [0.2, 0.25) is 15.9 Å². The van der Waals surface area contributed by atoms with Crippen LogP contribution >= 0.6 is 0 Å². The third kappa shape index (κ3) is 3.98. The van der Waals surface area contributed by atoms with Crippen molar-refractivity contribution >= 4 is 27.5 Å². The van der Waals surface area contributed by atoms with Gasteiger partial charge in [-0.3, -0.25) is 14.5 Å². The molecule has 0 radical (unpaired) electrons. The van der Waals surface area contributed by atoms with Crippen LogP contribution in [-0.2, 0) is 19.6 Å². The average molecular weight is 456 g/mol. The van der Waals surface area contributed by atoms with Crippen molar-refractivity contribution in [2.75, 3.05) is 31.1 Å². The van der Waals surface area contributed by atoms with Crippen LogP contribution in [-0.4, -0.2) is 61.7 Å². The van der Waals surface area contributed by atoms with Crippen molar-refractivity contribution in [3.05, 3.63) is 58.7 Å². The van der Waals surface area contributed by atoms with E-state index in [4.69, 9.17) is 0 Å².